The molecule has 0 saturated heterocycles. The number of benzene rings is 1. The molecule has 3 rings (SSSR count). The van der Waals surface area contributed by atoms with E-state index in [1.165, 1.54) is 12.0 Å². The van der Waals surface area contributed by atoms with Crippen molar-refractivity contribution in [2.75, 3.05) is 13.7 Å². The Morgan fingerprint density at radius 1 is 1.23 bits per heavy atom. The Hall–Kier alpha value is -2.43. The summed E-state index contributed by atoms with van der Waals surface area (Å²) in [4.78, 5) is 36.9. The second-order valence-corrected chi connectivity index (χ2v) is 5.60. The molecule has 2 aliphatic rings. The van der Waals surface area contributed by atoms with E-state index in [0.29, 0.717) is 29.2 Å². The number of imide groups is 1. The summed E-state index contributed by atoms with van der Waals surface area (Å²) in [6.45, 7) is 0.421. The highest BCUT2D eigenvalue weighted by molar-refractivity contribution is 6.21. The topological polar surface area (TPSA) is 63.7 Å². The summed E-state index contributed by atoms with van der Waals surface area (Å²) in [6.07, 6.45) is 4.22. The lowest BCUT2D eigenvalue weighted by Crippen LogP contribution is -2.31. The fraction of sp³-hybridized carbons (Fsp3) is 0.353. The molecule has 0 saturated carbocycles. The molecule has 1 unspecified atom stereocenters. The maximum atomic E-state index is 12.2. The summed E-state index contributed by atoms with van der Waals surface area (Å²) < 4.78 is 4.65. The van der Waals surface area contributed by atoms with Gasteiger partial charge in [0.1, 0.15) is 0 Å². The number of rotatable bonds is 5. The van der Waals surface area contributed by atoms with Gasteiger partial charge in [0.15, 0.2) is 0 Å². The number of ether oxygens (including phenoxy) is 1. The summed E-state index contributed by atoms with van der Waals surface area (Å²) in [7, 11) is 1.37. The highest BCUT2D eigenvalue weighted by Gasteiger charge is 2.34. The highest BCUT2D eigenvalue weighted by Crippen LogP contribution is 2.31. The van der Waals surface area contributed by atoms with Crippen molar-refractivity contribution < 1.29 is 19.1 Å². The maximum Gasteiger partial charge on any atom is 0.333 e. The molecule has 0 bridgehead atoms. The standard InChI is InChI=1S/C17H17NO4/c1-22-17(21)12-9-11(10-12)5-4-8-18-15(19)13-6-2-3-7-14(13)16(18)20/h2-3,6-7,9,11H,4-5,8,10H2,1H3. The molecule has 114 valence electrons. The summed E-state index contributed by atoms with van der Waals surface area (Å²) in [5.41, 5.74) is 1.70. The molecular weight excluding hydrogens is 282 g/mol. The molecule has 5 heteroatoms. The Kier molecular flexibility index (Phi) is 3.79. The van der Waals surface area contributed by atoms with Gasteiger partial charge in [-0.1, -0.05) is 18.2 Å². The third-order valence-corrected chi connectivity index (χ3v) is 4.20. The number of nitrogens with zero attached hydrogens (tertiary/aromatic N) is 1. The Balaban J connectivity index is 1.52. The molecule has 5 nitrogen and oxygen atoms in total. The quantitative estimate of drug-likeness (QED) is 0.617. The van der Waals surface area contributed by atoms with E-state index in [1.807, 2.05) is 6.08 Å². The molecule has 0 aromatic heterocycles. The zero-order valence-electron chi connectivity index (χ0n) is 12.4. The zero-order chi connectivity index (χ0) is 15.7. The van der Waals surface area contributed by atoms with Crippen molar-refractivity contribution in [3.8, 4) is 0 Å². The highest BCUT2D eigenvalue weighted by atomic mass is 16.5. The number of hydrogen-bond donors (Lipinski definition) is 0. The van der Waals surface area contributed by atoms with E-state index < -0.39 is 0 Å². The largest absolute Gasteiger partial charge is 0.466 e. The van der Waals surface area contributed by atoms with Crippen molar-refractivity contribution in [3.05, 3.63) is 47.0 Å². The van der Waals surface area contributed by atoms with E-state index in [4.69, 9.17) is 0 Å². The van der Waals surface area contributed by atoms with Crippen molar-refractivity contribution in [2.24, 2.45) is 5.92 Å². The minimum Gasteiger partial charge on any atom is -0.466 e. The van der Waals surface area contributed by atoms with Crippen LogP contribution in [0.15, 0.2) is 35.9 Å². The minimum atomic E-state index is -0.267. The monoisotopic (exact) mass is 299 g/mol. The van der Waals surface area contributed by atoms with Crippen LogP contribution in [0, 0.1) is 5.92 Å². The number of carbonyl (C=O) groups is 3. The third kappa shape index (κ3) is 2.43. The van der Waals surface area contributed by atoms with E-state index >= 15 is 0 Å². The second-order valence-electron chi connectivity index (χ2n) is 5.60. The number of carbonyl (C=O) groups excluding carboxylic acids is 3. The first-order valence-corrected chi connectivity index (χ1v) is 7.36. The Labute approximate surface area is 128 Å². The van der Waals surface area contributed by atoms with Crippen LogP contribution in [0.2, 0.25) is 0 Å². The van der Waals surface area contributed by atoms with Crippen LogP contribution in [0.3, 0.4) is 0 Å². The SMILES string of the molecule is COC(=O)C1=CC(CCCN2C(=O)c3ccccc3C2=O)C1. The van der Waals surface area contributed by atoms with Crippen LogP contribution in [0.4, 0.5) is 0 Å². The first-order valence-electron chi connectivity index (χ1n) is 7.36. The lowest BCUT2D eigenvalue weighted by atomic mass is 9.83. The number of fused-ring (bicyclic) bond motifs is 1. The van der Waals surface area contributed by atoms with E-state index in [-0.39, 0.29) is 17.8 Å². The molecule has 0 spiro atoms. The first-order chi connectivity index (χ1) is 10.6. The number of allylic oxidation sites excluding steroid dienone is 1. The van der Waals surface area contributed by atoms with E-state index in [9.17, 15) is 14.4 Å². The van der Waals surface area contributed by atoms with Gasteiger partial charge in [0.2, 0.25) is 0 Å². The van der Waals surface area contributed by atoms with Crippen LogP contribution in [-0.4, -0.2) is 36.3 Å². The lowest BCUT2D eigenvalue weighted by molar-refractivity contribution is -0.136. The Morgan fingerprint density at radius 2 is 1.82 bits per heavy atom. The van der Waals surface area contributed by atoms with Gasteiger partial charge in [0.05, 0.1) is 18.2 Å². The van der Waals surface area contributed by atoms with E-state index in [2.05, 4.69) is 4.74 Å². The number of esters is 1. The number of hydrogen-bond acceptors (Lipinski definition) is 4. The molecule has 1 aliphatic carbocycles. The molecule has 1 atom stereocenters. The van der Waals surface area contributed by atoms with Crippen LogP contribution in [0.25, 0.3) is 0 Å². The molecule has 1 aromatic carbocycles. The summed E-state index contributed by atoms with van der Waals surface area (Å²) in [5, 5.41) is 0. The second kappa shape index (κ2) is 5.75. The van der Waals surface area contributed by atoms with Crippen molar-refractivity contribution in [1.29, 1.82) is 0 Å². The molecule has 2 amide bonds. The fourth-order valence-electron chi connectivity index (χ4n) is 2.96. The average Bonchev–Trinajstić information content (AvgIpc) is 2.74. The van der Waals surface area contributed by atoms with Crippen LogP contribution in [0.1, 0.15) is 40.0 Å². The van der Waals surface area contributed by atoms with Crippen molar-refractivity contribution in [1.82, 2.24) is 4.90 Å². The van der Waals surface area contributed by atoms with Gasteiger partial charge in [-0.05, 0) is 37.3 Å². The normalized spacial score (nSPS) is 19.6. The smallest absolute Gasteiger partial charge is 0.333 e. The van der Waals surface area contributed by atoms with Gasteiger partial charge in [0, 0.05) is 12.1 Å². The maximum absolute atomic E-state index is 12.2. The van der Waals surface area contributed by atoms with Gasteiger partial charge in [-0.2, -0.15) is 0 Å². The summed E-state index contributed by atoms with van der Waals surface area (Å²) in [6, 6.07) is 6.90. The Morgan fingerprint density at radius 3 is 2.36 bits per heavy atom. The molecule has 1 aromatic rings. The van der Waals surface area contributed by atoms with Crippen LogP contribution < -0.4 is 0 Å². The summed E-state index contributed by atoms with van der Waals surface area (Å²) >= 11 is 0. The molecule has 1 heterocycles. The average molecular weight is 299 g/mol. The Bertz CT molecular complexity index is 642. The van der Waals surface area contributed by atoms with Gasteiger partial charge in [-0.15, -0.1) is 0 Å². The predicted octanol–water partition coefficient (Wildman–Crippen LogP) is 2.18. The molecular formula is C17H17NO4. The van der Waals surface area contributed by atoms with Crippen molar-refractivity contribution in [2.45, 2.75) is 19.3 Å². The fourth-order valence-corrected chi connectivity index (χ4v) is 2.96. The van der Waals surface area contributed by atoms with Crippen LogP contribution in [0.5, 0.6) is 0 Å². The van der Waals surface area contributed by atoms with Gasteiger partial charge in [-0.3, -0.25) is 14.5 Å². The van der Waals surface area contributed by atoms with Crippen LogP contribution in [-0.2, 0) is 9.53 Å². The molecule has 1 aliphatic heterocycles. The molecule has 0 radical (unpaired) electrons. The third-order valence-electron chi connectivity index (χ3n) is 4.20. The van der Waals surface area contributed by atoms with E-state index in [1.54, 1.807) is 24.3 Å². The van der Waals surface area contributed by atoms with Gasteiger partial charge < -0.3 is 4.74 Å². The predicted molar refractivity (Wildman–Crippen MR) is 79.2 cm³/mol. The van der Waals surface area contributed by atoms with Crippen molar-refractivity contribution in [3.63, 3.8) is 0 Å². The zero-order valence-corrected chi connectivity index (χ0v) is 12.4. The van der Waals surface area contributed by atoms with Gasteiger partial charge in [-0.25, -0.2) is 4.79 Å². The molecule has 0 fully saturated rings. The van der Waals surface area contributed by atoms with E-state index in [0.717, 1.165) is 19.3 Å². The van der Waals surface area contributed by atoms with Crippen LogP contribution >= 0.6 is 0 Å². The number of amides is 2. The van der Waals surface area contributed by atoms with Gasteiger partial charge >= 0.3 is 5.97 Å². The molecule has 22 heavy (non-hydrogen) atoms. The minimum absolute atomic E-state index is 0.208. The molecule has 0 N–H and O–H groups in total. The number of methoxy groups -OCH3 is 1. The van der Waals surface area contributed by atoms with Crippen molar-refractivity contribution >= 4 is 17.8 Å². The summed E-state index contributed by atoms with van der Waals surface area (Å²) in [5.74, 6) is -0.346. The van der Waals surface area contributed by atoms with Gasteiger partial charge in [0.25, 0.3) is 11.8 Å². The first kappa shape index (κ1) is 14.5. The lowest BCUT2D eigenvalue weighted by Gasteiger charge is -2.24.